The number of fused-ring (bicyclic) bond motifs is 1. The highest BCUT2D eigenvalue weighted by Crippen LogP contribution is 2.26. The lowest BCUT2D eigenvalue weighted by atomic mass is 10.1. The fraction of sp³-hybridized carbons (Fsp3) is 0. The van der Waals surface area contributed by atoms with Crippen LogP contribution in [0.4, 0.5) is 5.69 Å². The molecule has 0 fully saturated rings. The molecule has 0 bridgehead atoms. The molecule has 100 valence electrons. The number of hydrogen-bond donors (Lipinski definition) is 2. The zero-order chi connectivity index (χ0) is 14.1. The molecule has 0 saturated heterocycles. The fourth-order valence-electron chi connectivity index (χ4n) is 2.05. The van der Waals surface area contributed by atoms with E-state index in [9.17, 15) is 4.79 Å². The normalized spacial score (nSPS) is 10.7. The molecule has 0 saturated carbocycles. The van der Waals surface area contributed by atoms with Crippen molar-refractivity contribution in [2.45, 2.75) is 0 Å². The van der Waals surface area contributed by atoms with Gasteiger partial charge in [-0.25, -0.2) is 0 Å². The summed E-state index contributed by atoms with van der Waals surface area (Å²) in [5.41, 5.74) is 1.90. The first-order valence-electron chi connectivity index (χ1n) is 5.97. The van der Waals surface area contributed by atoms with Gasteiger partial charge in [0.15, 0.2) is 0 Å². The van der Waals surface area contributed by atoms with Crippen LogP contribution >= 0.6 is 23.2 Å². The molecule has 5 heteroatoms. The summed E-state index contributed by atoms with van der Waals surface area (Å²) in [6.07, 6.45) is 1.80. The molecular formula is C15H10Cl2N2O. The van der Waals surface area contributed by atoms with E-state index in [0.717, 1.165) is 10.9 Å². The Balaban J connectivity index is 1.95. The van der Waals surface area contributed by atoms with Crippen LogP contribution in [0.25, 0.3) is 10.9 Å². The number of carbonyl (C=O) groups is 1. The summed E-state index contributed by atoms with van der Waals surface area (Å²) in [6, 6.07) is 12.4. The van der Waals surface area contributed by atoms with Crippen molar-refractivity contribution in [3.05, 3.63) is 64.3 Å². The van der Waals surface area contributed by atoms with Gasteiger partial charge in [0.25, 0.3) is 5.91 Å². The van der Waals surface area contributed by atoms with E-state index >= 15 is 0 Å². The van der Waals surface area contributed by atoms with Crippen molar-refractivity contribution in [3.8, 4) is 0 Å². The van der Waals surface area contributed by atoms with Crippen molar-refractivity contribution in [1.82, 2.24) is 4.98 Å². The van der Waals surface area contributed by atoms with Crippen LogP contribution in [0.5, 0.6) is 0 Å². The summed E-state index contributed by atoms with van der Waals surface area (Å²) < 4.78 is 0. The lowest BCUT2D eigenvalue weighted by Crippen LogP contribution is -2.12. The second-order valence-corrected chi connectivity index (χ2v) is 5.17. The zero-order valence-corrected chi connectivity index (χ0v) is 11.8. The van der Waals surface area contributed by atoms with E-state index < -0.39 is 0 Å². The number of amides is 1. The van der Waals surface area contributed by atoms with Crippen LogP contribution in [0.3, 0.4) is 0 Å². The quantitative estimate of drug-likeness (QED) is 0.706. The van der Waals surface area contributed by atoms with E-state index in [-0.39, 0.29) is 5.91 Å². The molecule has 2 aromatic carbocycles. The maximum Gasteiger partial charge on any atom is 0.257 e. The van der Waals surface area contributed by atoms with Gasteiger partial charge in [-0.1, -0.05) is 35.3 Å². The number of aromatic nitrogens is 1. The second-order valence-electron chi connectivity index (χ2n) is 4.33. The highest BCUT2D eigenvalue weighted by Gasteiger charge is 2.12. The standard InChI is InChI=1S/C15H10Cl2N2O/c16-10-4-5-13(12(17)8-10)19-15(20)11-3-1-2-9-6-7-18-14(9)11/h1-8,18H,(H,19,20). The van der Waals surface area contributed by atoms with Gasteiger partial charge < -0.3 is 10.3 Å². The van der Waals surface area contributed by atoms with Gasteiger partial charge in [0.05, 0.1) is 21.8 Å². The average Bonchev–Trinajstić information content (AvgIpc) is 2.90. The fourth-order valence-corrected chi connectivity index (χ4v) is 2.51. The molecule has 0 aliphatic rings. The van der Waals surface area contributed by atoms with E-state index in [2.05, 4.69) is 10.3 Å². The molecule has 3 nitrogen and oxygen atoms in total. The Labute approximate surface area is 125 Å². The number of H-pyrrole nitrogens is 1. The minimum atomic E-state index is -0.220. The van der Waals surface area contributed by atoms with Gasteiger partial charge >= 0.3 is 0 Å². The number of aromatic amines is 1. The minimum Gasteiger partial charge on any atom is -0.361 e. The highest BCUT2D eigenvalue weighted by molar-refractivity contribution is 6.37. The van der Waals surface area contributed by atoms with Crippen molar-refractivity contribution < 1.29 is 4.79 Å². The van der Waals surface area contributed by atoms with Crippen LogP contribution in [0.15, 0.2) is 48.7 Å². The third-order valence-corrected chi connectivity index (χ3v) is 3.56. The minimum absolute atomic E-state index is 0.220. The summed E-state index contributed by atoms with van der Waals surface area (Å²) >= 11 is 11.9. The number of benzene rings is 2. The third kappa shape index (κ3) is 2.38. The van der Waals surface area contributed by atoms with Gasteiger partial charge in [0.1, 0.15) is 0 Å². The lowest BCUT2D eigenvalue weighted by molar-refractivity contribution is 0.102. The van der Waals surface area contributed by atoms with Gasteiger partial charge in [-0.15, -0.1) is 0 Å². The number of hydrogen-bond acceptors (Lipinski definition) is 1. The smallest absolute Gasteiger partial charge is 0.257 e. The lowest BCUT2D eigenvalue weighted by Gasteiger charge is -2.08. The number of rotatable bonds is 2. The monoisotopic (exact) mass is 304 g/mol. The van der Waals surface area contributed by atoms with Crippen LogP contribution in [0.1, 0.15) is 10.4 Å². The summed E-state index contributed by atoms with van der Waals surface area (Å²) in [5.74, 6) is -0.220. The van der Waals surface area contributed by atoms with Crippen molar-refractivity contribution in [3.63, 3.8) is 0 Å². The topological polar surface area (TPSA) is 44.9 Å². The molecule has 3 rings (SSSR count). The number of halogens is 2. The van der Waals surface area contributed by atoms with Gasteiger partial charge in [-0.2, -0.15) is 0 Å². The Bertz CT molecular complexity index is 795. The summed E-state index contributed by atoms with van der Waals surface area (Å²) in [5, 5.41) is 4.71. The van der Waals surface area contributed by atoms with Crippen molar-refractivity contribution in [1.29, 1.82) is 0 Å². The largest absolute Gasteiger partial charge is 0.361 e. The molecule has 20 heavy (non-hydrogen) atoms. The average molecular weight is 305 g/mol. The van der Waals surface area contributed by atoms with Gasteiger partial charge in [-0.3, -0.25) is 4.79 Å². The predicted octanol–water partition coefficient (Wildman–Crippen LogP) is 4.73. The van der Waals surface area contributed by atoms with Crippen molar-refractivity contribution >= 4 is 45.7 Å². The molecule has 1 heterocycles. The second kappa shape index (κ2) is 5.19. The third-order valence-electron chi connectivity index (χ3n) is 3.01. The first kappa shape index (κ1) is 13.0. The predicted molar refractivity (Wildman–Crippen MR) is 82.7 cm³/mol. The van der Waals surface area contributed by atoms with E-state index in [1.54, 1.807) is 30.5 Å². The van der Waals surface area contributed by atoms with E-state index in [1.807, 2.05) is 18.2 Å². The van der Waals surface area contributed by atoms with Crippen LogP contribution in [-0.2, 0) is 0 Å². The van der Waals surface area contributed by atoms with Gasteiger partial charge in [-0.05, 0) is 30.3 Å². The Morgan fingerprint density at radius 2 is 1.95 bits per heavy atom. The van der Waals surface area contributed by atoms with Gasteiger partial charge in [0, 0.05) is 16.6 Å². The first-order valence-corrected chi connectivity index (χ1v) is 6.73. The molecule has 1 aromatic heterocycles. The first-order chi connectivity index (χ1) is 9.65. The number of anilines is 1. The maximum atomic E-state index is 12.3. The number of para-hydroxylation sites is 1. The zero-order valence-electron chi connectivity index (χ0n) is 10.3. The molecule has 0 spiro atoms. The number of nitrogens with one attached hydrogen (secondary N) is 2. The summed E-state index contributed by atoms with van der Waals surface area (Å²) in [4.78, 5) is 15.4. The van der Waals surface area contributed by atoms with Gasteiger partial charge in [0.2, 0.25) is 0 Å². The molecule has 2 N–H and O–H groups in total. The molecule has 0 atom stereocenters. The van der Waals surface area contributed by atoms with E-state index in [1.165, 1.54) is 0 Å². The Morgan fingerprint density at radius 1 is 1.10 bits per heavy atom. The molecular weight excluding hydrogens is 295 g/mol. The van der Waals surface area contributed by atoms with Crippen LogP contribution in [0, 0.1) is 0 Å². The highest BCUT2D eigenvalue weighted by atomic mass is 35.5. The van der Waals surface area contributed by atoms with Crippen LogP contribution < -0.4 is 5.32 Å². The molecule has 0 unspecified atom stereocenters. The van der Waals surface area contributed by atoms with E-state index in [4.69, 9.17) is 23.2 Å². The molecule has 0 radical (unpaired) electrons. The summed E-state index contributed by atoms with van der Waals surface area (Å²) in [6.45, 7) is 0. The molecule has 1 amide bonds. The molecule has 3 aromatic rings. The Kier molecular flexibility index (Phi) is 3.38. The Morgan fingerprint density at radius 3 is 2.75 bits per heavy atom. The van der Waals surface area contributed by atoms with Crippen LogP contribution in [0.2, 0.25) is 10.0 Å². The Hall–Kier alpha value is -1.97. The SMILES string of the molecule is O=C(Nc1ccc(Cl)cc1Cl)c1cccc2cc[nH]c12. The molecule has 0 aliphatic heterocycles. The van der Waals surface area contributed by atoms with Crippen molar-refractivity contribution in [2.75, 3.05) is 5.32 Å². The maximum absolute atomic E-state index is 12.3. The summed E-state index contributed by atoms with van der Waals surface area (Å²) in [7, 11) is 0. The molecule has 0 aliphatic carbocycles. The van der Waals surface area contributed by atoms with Crippen LogP contribution in [-0.4, -0.2) is 10.9 Å². The van der Waals surface area contributed by atoms with E-state index in [0.29, 0.717) is 21.3 Å². The number of carbonyl (C=O) groups excluding carboxylic acids is 1. The van der Waals surface area contributed by atoms with Crippen molar-refractivity contribution in [2.24, 2.45) is 0 Å².